The molecule has 0 spiro atoms. The van der Waals surface area contributed by atoms with E-state index >= 15 is 0 Å². The second kappa shape index (κ2) is 9.61. The fourth-order valence-electron chi connectivity index (χ4n) is 2.75. The molecule has 0 bridgehead atoms. The van der Waals surface area contributed by atoms with E-state index < -0.39 is 5.97 Å². The molecule has 0 aliphatic carbocycles. The van der Waals surface area contributed by atoms with Gasteiger partial charge in [-0.3, -0.25) is 0 Å². The Kier molecular flexibility index (Phi) is 8.13. The Morgan fingerprint density at radius 1 is 1.19 bits per heavy atom. The highest BCUT2D eigenvalue weighted by Crippen LogP contribution is 2.31. The molecule has 0 fully saturated rings. The second-order valence-corrected chi connectivity index (χ2v) is 5.46. The van der Waals surface area contributed by atoms with Crippen LogP contribution in [0.25, 0.3) is 0 Å². The fourth-order valence-corrected chi connectivity index (χ4v) is 2.75. The summed E-state index contributed by atoms with van der Waals surface area (Å²) in [5, 5.41) is 3.58. The summed E-state index contributed by atoms with van der Waals surface area (Å²) in [6.07, 6.45) is 5.69. The molecule has 4 nitrogen and oxygen atoms in total. The lowest BCUT2D eigenvalue weighted by molar-refractivity contribution is 0.0560. The Morgan fingerprint density at radius 2 is 1.86 bits per heavy atom. The molecule has 1 heterocycles. The topological polar surface area (TPSA) is 51.5 Å². The monoisotopic (exact) mass is 295 g/mol. The maximum absolute atomic E-state index is 11.5. The summed E-state index contributed by atoms with van der Waals surface area (Å²) in [6.45, 7) is 7.52. The highest BCUT2D eigenvalue weighted by molar-refractivity contribution is 5.86. The molecular formula is C17H29NO3. The van der Waals surface area contributed by atoms with Crippen molar-refractivity contribution in [3.63, 3.8) is 0 Å². The van der Waals surface area contributed by atoms with Gasteiger partial charge in [0.2, 0.25) is 5.76 Å². The molecule has 0 amide bonds. The van der Waals surface area contributed by atoms with Crippen LogP contribution in [0, 0.1) is 5.92 Å². The smallest absolute Gasteiger partial charge is 0.373 e. The van der Waals surface area contributed by atoms with Gasteiger partial charge in [0.15, 0.2) is 0 Å². The summed E-state index contributed by atoms with van der Waals surface area (Å²) in [4.78, 5) is 11.5. The van der Waals surface area contributed by atoms with E-state index in [-0.39, 0.29) is 11.8 Å². The third-order valence-electron chi connectivity index (χ3n) is 3.72. The predicted molar refractivity (Wildman–Crippen MR) is 84.4 cm³/mol. The Hall–Kier alpha value is -1.29. The van der Waals surface area contributed by atoms with E-state index in [1.165, 1.54) is 7.11 Å². The van der Waals surface area contributed by atoms with E-state index in [0.717, 1.165) is 44.4 Å². The first-order chi connectivity index (χ1) is 10.2. The van der Waals surface area contributed by atoms with Gasteiger partial charge in [-0.1, -0.05) is 33.6 Å². The molecule has 21 heavy (non-hydrogen) atoms. The highest BCUT2D eigenvalue weighted by Gasteiger charge is 2.25. The predicted octanol–water partition coefficient (Wildman–Crippen LogP) is 4.32. The molecule has 0 radical (unpaired) electrons. The van der Waals surface area contributed by atoms with Crippen molar-refractivity contribution in [1.82, 2.24) is 5.32 Å². The van der Waals surface area contributed by atoms with Crippen LogP contribution in [0.1, 0.15) is 75.2 Å². The zero-order valence-corrected chi connectivity index (χ0v) is 13.8. The van der Waals surface area contributed by atoms with Gasteiger partial charge in [0, 0.05) is 0 Å². The standard InChI is InChI=1S/C17H29NO3/c1-5-8-13(9-6-2)16(18-12-7-3)14-10-11-15(21-14)17(19)20-4/h10-11,13,16,18H,5-9,12H2,1-4H3. The zero-order chi connectivity index (χ0) is 15.7. The number of hydrogen-bond donors (Lipinski definition) is 1. The molecular weight excluding hydrogens is 266 g/mol. The minimum atomic E-state index is -0.418. The first-order valence-electron chi connectivity index (χ1n) is 8.09. The van der Waals surface area contributed by atoms with Crippen molar-refractivity contribution in [1.29, 1.82) is 0 Å². The highest BCUT2D eigenvalue weighted by atomic mass is 16.5. The van der Waals surface area contributed by atoms with Crippen LogP contribution in [0.5, 0.6) is 0 Å². The van der Waals surface area contributed by atoms with Crippen LogP contribution in [0.2, 0.25) is 0 Å². The third kappa shape index (κ3) is 5.20. The van der Waals surface area contributed by atoms with Crippen molar-refractivity contribution >= 4 is 5.97 Å². The molecule has 4 heteroatoms. The molecule has 120 valence electrons. The van der Waals surface area contributed by atoms with Crippen LogP contribution in [-0.4, -0.2) is 19.6 Å². The summed E-state index contributed by atoms with van der Waals surface area (Å²) in [5.41, 5.74) is 0. The molecule has 0 aliphatic rings. The lowest BCUT2D eigenvalue weighted by Gasteiger charge is -2.26. The van der Waals surface area contributed by atoms with E-state index in [4.69, 9.17) is 9.15 Å². The van der Waals surface area contributed by atoms with Gasteiger partial charge in [0.05, 0.1) is 13.2 Å². The number of rotatable bonds is 10. The number of carbonyl (C=O) groups is 1. The molecule has 1 unspecified atom stereocenters. The van der Waals surface area contributed by atoms with E-state index in [1.807, 2.05) is 6.07 Å². The van der Waals surface area contributed by atoms with Crippen LogP contribution < -0.4 is 5.32 Å². The van der Waals surface area contributed by atoms with E-state index in [1.54, 1.807) is 6.07 Å². The average molecular weight is 295 g/mol. The Morgan fingerprint density at radius 3 is 2.38 bits per heavy atom. The normalized spacial score (nSPS) is 12.6. The number of methoxy groups -OCH3 is 1. The molecule has 1 atom stereocenters. The van der Waals surface area contributed by atoms with Crippen LogP contribution in [0.4, 0.5) is 0 Å². The van der Waals surface area contributed by atoms with E-state index in [0.29, 0.717) is 5.92 Å². The molecule has 1 rings (SSSR count). The molecule has 0 aliphatic heterocycles. The van der Waals surface area contributed by atoms with Gasteiger partial charge in [-0.15, -0.1) is 0 Å². The number of hydrogen-bond acceptors (Lipinski definition) is 4. The maximum atomic E-state index is 11.5. The maximum Gasteiger partial charge on any atom is 0.373 e. The first kappa shape index (κ1) is 17.8. The van der Waals surface area contributed by atoms with Crippen molar-refractivity contribution in [2.45, 2.75) is 58.9 Å². The molecule has 1 aromatic heterocycles. The van der Waals surface area contributed by atoms with Crippen LogP contribution in [-0.2, 0) is 4.74 Å². The van der Waals surface area contributed by atoms with Crippen LogP contribution in [0.3, 0.4) is 0 Å². The summed E-state index contributed by atoms with van der Waals surface area (Å²) in [6, 6.07) is 3.78. The van der Waals surface area contributed by atoms with Crippen LogP contribution >= 0.6 is 0 Å². The SMILES string of the molecule is CCCNC(c1ccc(C(=O)OC)o1)C(CCC)CCC. The number of ether oxygens (including phenoxy) is 1. The Labute approximate surface area is 128 Å². The quantitative estimate of drug-likeness (QED) is 0.653. The minimum Gasteiger partial charge on any atom is -0.463 e. The summed E-state index contributed by atoms with van der Waals surface area (Å²) in [5.74, 6) is 1.24. The van der Waals surface area contributed by atoms with Crippen molar-refractivity contribution < 1.29 is 13.9 Å². The van der Waals surface area contributed by atoms with Crippen LogP contribution in [0.15, 0.2) is 16.5 Å². The minimum absolute atomic E-state index is 0.170. The summed E-state index contributed by atoms with van der Waals surface area (Å²) < 4.78 is 10.4. The lowest BCUT2D eigenvalue weighted by atomic mass is 9.89. The largest absolute Gasteiger partial charge is 0.463 e. The summed E-state index contributed by atoms with van der Waals surface area (Å²) in [7, 11) is 1.37. The Balaban J connectivity index is 2.93. The van der Waals surface area contributed by atoms with Crippen molar-refractivity contribution in [2.75, 3.05) is 13.7 Å². The summed E-state index contributed by atoms with van der Waals surface area (Å²) >= 11 is 0. The van der Waals surface area contributed by atoms with Gasteiger partial charge < -0.3 is 14.5 Å². The zero-order valence-electron chi connectivity index (χ0n) is 13.8. The second-order valence-electron chi connectivity index (χ2n) is 5.46. The number of nitrogens with one attached hydrogen (secondary N) is 1. The van der Waals surface area contributed by atoms with Crippen molar-refractivity contribution in [3.8, 4) is 0 Å². The van der Waals surface area contributed by atoms with Crippen molar-refractivity contribution in [3.05, 3.63) is 23.7 Å². The third-order valence-corrected chi connectivity index (χ3v) is 3.72. The molecule has 0 aromatic carbocycles. The Bertz CT molecular complexity index is 408. The lowest BCUT2D eigenvalue weighted by Crippen LogP contribution is -2.29. The van der Waals surface area contributed by atoms with E-state index in [9.17, 15) is 4.79 Å². The molecule has 1 aromatic rings. The van der Waals surface area contributed by atoms with Gasteiger partial charge in [-0.05, 0) is 43.9 Å². The van der Waals surface area contributed by atoms with E-state index in [2.05, 4.69) is 26.1 Å². The van der Waals surface area contributed by atoms with Gasteiger partial charge in [0.1, 0.15) is 5.76 Å². The number of esters is 1. The first-order valence-corrected chi connectivity index (χ1v) is 8.09. The fraction of sp³-hybridized carbons (Fsp3) is 0.706. The molecule has 0 saturated heterocycles. The molecule has 1 N–H and O–H groups in total. The molecule has 0 saturated carbocycles. The van der Waals surface area contributed by atoms with Gasteiger partial charge >= 0.3 is 5.97 Å². The number of carbonyl (C=O) groups excluding carboxylic acids is 1. The van der Waals surface area contributed by atoms with Gasteiger partial charge in [-0.2, -0.15) is 0 Å². The van der Waals surface area contributed by atoms with Gasteiger partial charge in [-0.25, -0.2) is 4.79 Å². The van der Waals surface area contributed by atoms with Gasteiger partial charge in [0.25, 0.3) is 0 Å². The van der Waals surface area contributed by atoms with Crippen molar-refractivity contribution in [2.24, 2.45) is 5.92 Å². The number of furan rings is 1. The average Bonchev–Trinajstić information content (AvgIpc) is 2.97.